The van der Waals surface area contributed by atoms with Crippen LogP contribution in [0.5, 0.6) is 34.5 Å². The number of nitrogen functional groups attached to an aromatic ring is 2. The molecule has 0 saturated heterocycles. The minimum atomic E-state index is 0.133. The second kappa shape index (κ2) is 18.1. The number of aromatic nitrogens is 6. The molecular formula is C44H32N12O4. The Morgan fingerprint density at radius 1 is 0.500 bits per heavy atom. The quantitative estimate of drug-likeness (QED) is 0.0758. The lowest BCUT2D eigenvalue weighted by Crippen LogP contribution is -2.01. The zero-order chi connectivity index (χ0) is 41.8. The summed E-state index contributed by atoms with van der Waals surface area (Å²) in [5.74, 6) is 4.60. The summed E-state index contributed by atoms with van der Waals surface area (Å²) >= 11 is 0. The van der Waals surface area contributed by atoms with Gasteiger partial charge in [-0.2, -0.15) is 15.5 Å². The third-order valence-corrected chi connectivity index (χ3v) is 8.19. The van der Waals surface area contributed by atoms with Gasteiger partial charge in [0, 0.05) is 59.2 Å². The molecule has 8 aromatic rings. The lowest BCUT2D eigenvalue weighted by molar-refractivity contribution is 0.475. The van der Waals surface area contributed by atoms with Crippen LogP contribution in [0, 0.1) is 22.7 Å². The van der Waals surface area contributed by atoms with E-state index < -0.39 is 0 Å². The molecular weight excluding hydrogens is 761 g/mol. The van der Waals surface area contributed by atoms with E-state index in [0.717, 1.165) is 22.5 Å². The fourth-order valence-electron chi connectivity index (χ4n) is 5.43. The molecule has 0 radical (unpaired) electrons. The van der Waals surface area contributed by atoms with Crippen LogP contribution in [-0.4, -0.2) is 40.1 Å². The highest BCUT2D eigenvalue weighted by Crippen LogP contribution is 2.29. The van der Waals surface area contributed by atoms with Gasteiger partial charge in [0.15, 0.2) is 5.82 Å². The number of nitriles is 2. The smallest absolute Gasteiger partial charge is 0.222 e. The van der Waals surface area contributed by atoms with Gasteiger partial charge in [-0.15, -0.1) is 0 Å². The van der Waals surface area contributed by atoms with Gasteiger partial charge < -0.3 is 41.8 Å². The minimum absolute atomic E-state index is 0.133. The van der Waals surface area contributed by atoms with Crippen LogP contribution in [0.1, 0.15) is 11.4 Å². The molecule has 8 N–H and O–H groups in total. The van der Waals surface area contributed by atoms with Crippen molar-refractivity contribution in [1.82, 2.24) is 29.9 Å². The van der Waals surface area contributed by atoms with Crippen molar-refractivity contribution in [1.29, 1.82) is 10.5 Å². The molecule has 16 heteroatoms. The molecule has 0 spiro atoms. The first-order valence-corrected chi connectivity index (χ1v) is 17.9. The Kier molecular flexibility index (Phi) is 11.8. The molecule has 4 heterocycles. The molecule has 4 aromatic carbocycles. The van der Waals surface area contributed by atoms with Crippen LogP contribution < -0.4 is 31.6 Å². The van der Waals surface area contributed by atoms with Crippen molar-refractivity contribution in [3.05, 3.63) is 157 Å². The molecule has 8 rings (SSSR count). The van der Waals surface area contributed by atoms with E-state index in [-0.39, 0.29) is 28.8 Å². The molecule has 16 nitrogen and oxygen atoms in total. The first-order valence-electron chi connectivity index (χ1n) is 17.9. The zero-order valence-corrected chi connectivity index (χ0v) is 31.3. The fraction of sp³-hybridized carbons (Fsp3) is 0. The lowest BCUT2D eigenvalue weighted by atomic mass is 10.1. The Morgan fingerprint density at radius 3 is 1.48 bits per heavy atom. The minimum Gasteiger partial charge on any atom is -0.508 e. The second-order valence-corrected chi connectivity index (χ2v) is 12.6. The molecule has 0 amide bonds. The van der Waals surface area contributed by atoms with Crippen molar-refractivity contribution in [2.24, 2.45) is 0 Å². The van der Waals surface area contributed by atoms with Crippen molar-refractivity contribution in [3.63, 3.8) is 0 Å². The molecule has 0 aliphatic rings. The van der Waals surface area contributed by atoms with Crippen LogP contribution in [0.3, 0.4) is 0 Å². The van der Waals surface area contributed by atoms with E-state index in [1.807, 2.05) is 36.4 Å². The van der Waals surface area contributed by atoms with Crippen LogP contribution in [0.4, 0.5) is 34.8 Å². The summed E-state index contributed by atoms with van der Waals surface area (Å²) in [6.07, 6.45) is 3.05. The van der Waals surface area contributed by atoms with E-state index in [9.17, 15) is 10.2 Å². The molecule has 292 valence electrons. The Hall–Kier alpha value is -9.28. The maximum absolute atomic E-state index is 9.45. The Morgan fingerprint density at radius 2 is 0.983 bits per heavy atom. The first-order chi connectivity index (χ1) is 29.2. The fourth-order valence-corrected chi connectivity index (χ4v) is 5.43. The lowest BCUT2D eigenvalue weighted by Gasteiger charge is -2.10. The van der Waals surface area contributed by atoms with Gasteiger partial charge >= 0.3 is 0 Å². The standard InChI is InChI=1S/2C22H16N6O2/c23-13-16-11-19(9-10-25-16)30-18-7-3-15(4-8-18)26-21-12-20(24)27-22(28-21)14-1-5-17(29)6-2-14;23-13-16-11-19(9-10-25-16)30-18-7-3-15(4-8-18)26-21-12-20(27-22(24)28-21)14-1-5-17(29)6-2-14/h2*1-12,29H,(H3,24,26,27,28). The van der Waals surface area contributed by atoms with Gasteiger partial charge in [-0.1, -0.05) is 0 Å². The van der Waals surface area contributed by atoms with Gasteiger partial charge in [0.05, 0.1) is 5.69 Å². The van der Waals surface area contributed by atoms with Crippen molar-refractivity contribution in [3.8, 4) is 69.3 Å². The van der Waals surface area contributed by atoms with Gasteiger partial charge in [-0.25, -0.2) is 24.9 Å². The third kappa shape index (κ3) is 10.5. The Bertz CT molecular complexity index is 2630. The van der Waals surface area contributed by atoms with E-state index in [1.54, 1.807) is 109 Å². The average molecular weight is 793 g/mol. The SMILES string of the molecule is N#Cc1cc(Oc2ccc(Nc3cc(-c4ccc(O)cc4)nc(N)n3)cc2)ccn1.N#Cc1cc(Oc2ccc(Nc3cc(N)nc(-c4ccc(O)cc4)n3)cc2)ccn1. The molecule has 0 aliphatic heterocycles. The number of benzene rings is 4. The van der Waals surface area contributed by atoms with E-state index in [0.29, 0.717) is 52.0 Å². The molecule has 0 saturated carbocycles. The summed E-state index contributed by atoms with van der Waals surface area (Å²) in [4.78, 5) is 25.0. The number of hydrogen-bond donors (Lipinski definition) is 6. The summed E-state index contributed by atoms with van der Waals surface area (Å²) < 4.78 is 11.5. The molecule has 4 aromatic heterocycles. The number of phenols is 2. The van der Waals surface area contributed by atoms with Crippen LogP contribution in [-0.2, 0) is 0 Å². The van der Waals surface area contributed by atoms with Gasteiger partial charge in [-0.05, 0) is 109 Å². The highest BCUT2D eigenvalue weighted by Gasteiger charge is 2.09. The zero-order valence-electron chi connectivity index (χ0n) is 31.3. The number of ether oxygens (including phenoxy) is 2. The number of aromatic hydroxyl groups is 2. The van der Waals surface area contributed by atoms with Crippen LogP contribution in [0.15, 0.2) is 146 Å². The largest absolute Gasteiger partial charge is 0.508 e. The van der Waals surface area contributed by atoms with Gasteiger partial charge in [0.1, 0.15) is 75.5 Å². The Labute approximate surface area is 342 Å². The number of nitrogens with one attached hydrogen (secondary N) is 2. The number of hydrogen-bond acceptors (Lipinski definition) is 16. The molecule has 0 bridgehead atoms. The first kappa shape index (κ1) is 39.0. The highest BCUT2D eigenvalue weighted by molar-refractivity contribution is 5.68. The topological polar surface area (TPSA) is 260 Å². The van der Waals surface area contributed by atoms with Crippen molar-refractivity contribution >= 4 is 34.8 Å². The predicted molar refractivity (Wildman–Crippen MR) is 225 cm³/mol. The predicted octanol–water partition coefficient (Wildman–Crippen LogP) is 8.47. The summed E-state index contributed by atoms with van der Waals surface area (Å²) in [7, 11) is 0. The van der Waals surface area contributed by atoms with Crippen molar-refractivity contribution in [2.75, 3.05) is 22.1 Å². The number of pyridine rings is 2. The van der Waals surface area contributed by atoms with E-state index >= 15 is 0 Å². The molecule has 0 unspecified atom stereocenters. The number of rotatable bonds is 10. The van der Waals surface area contributed by atoms with Gasteiger partial charge in [0.25, 0.3) is 0 Å². The summed E-state index contributed by atoms with van der Waals surface area (Å²) in [5, 5.41) is 43.1. The van der Waals surface area contributed by atoms with E-state index in [2.05, 4.69) is 40.5 Å². The third-order valence-electron chi connectivity index (χ3n) is 8.19. The number of nitrogens with zero attached hydrogens (tertiary/aromatic N) is 8. The summed E-state index contributed by atoms with van der Waals surface area (Å²) in [5.41, 5.74) is 16.1. The normalized spacial score (nSPS) is 10.2. The molecule has 0 atom stereocenters. The summed E-state index contributed by atoms with van der Waals surface area (Å²) in [6, 6.07) is 41.6. The number of anilines is 6. The Balaban J connectivity index is 0.000000181. The van der Waals surface area contributed by atoms with Crippen LogP contribution in [0.2, 0.25) is 0 Å². The molecule has 60 heavy (non-hydrogen) atoms. The molecule has 0 aliphatic carbocycles. The van der Waals surface area contributed by atoms with E-state index in [1.165, 1.54) is 12.4 Å². The maximum atomic E-state index is 9.45. The van der Waals surface area contributed by atoms with Crippen molar-refractivity contribution in [2.45, 2.75) is 0 Å². The monoisotopic (exact) mass is 792 g/mol. The number of nitrogens with two attached hydrogens (primary N) is 2. The maximum Gasteiger partial charge on any atom is 0.222 e. The molecule has 0 fully saturated rings. The second-order valence-electron chi connectivity index (χ2n) is 12.6. The van der Waals surface area contributed by atoms with Crippen molar-refractivity contribution < 1.29 is 19.7 Å². The highest BCUT2D eigenvalue weighted by atomic mass is 16.5. The van der Waals surface area contributed by atoms with Crippen LogP contribution >= 0.6 is 0 Å². The van der Waals surface area contributed by atoms with Crippen LogP contribution in [0.25, 0.3) is 22.6 Å². The average Bonchev–Trinajstić information content (AvgIpc) is 3.25. The summed E-state index contributed by atoms with van der Waals surface area (Å²) in [6.45, 7) is 0. The van der Waals surface area contributed by atoms with Gasteiger partial charge in [0.2, 0.25) is 5.95 Å². The number of phenolic OH excluding ortho intramolecular Hbond substituents is 2. The van der Waals surface area contributed by atoms with E-state index in [4.69, 9.17) is 31.5 Å². The van der Waals surface area contributed by atoms with Gasteiger partial charge in [-0.3, -0.25) is 0 Å².